The molecule has 31 heavy (non-hydrogen) atoms. The lowest BCUT2D eigenvalue weighted by Gasteiger charge is -2.40. The van der Waals surface area contributed by atoms with Crippen molar-refractivity contribution in [2.24, 2.45) is 0 Å². The molecule has 0 saturated carbocycles. The van der Waals surface area contributed by atoms with Crippen molar-refractivity contribution < 1.29 is 13.2 Å². The molecule has 0 radical (unpaired) electrons. The SMILES string of the molecule is CC(=O)N1c2cc(S(=O)(=O)N3CCN(c4ccc(C)cc4)[C@H](C)C3)c(Br)cc2C[C@@H]1C. The van der Waals surface area contributed by atoms with Gasteiger partial charge in [0.25, 0.3) is 0 Å². The maximum atomic E-state index is 13.6. The second-order valence-electron chi connectivity index (χ2n) is 8.59. The summed E-state index contributed by atoms with van der Waals surface area (Å²) < 4.78 is 29.3. The highest BCUT2D eigenvalue weighted by Crippen LogP contribution is 2.39. The largest absolute Gasteiger partial charge is 0.366 e. The number of hydrogen-bond donors (Lipinski definition) is 0. The number of hydrogen-bond acceptors (Lipinski definition) is 4. The van der Waals surface area contributed by atoms with Crippen molar-refractivity contribution in [3.63, 3.8) is 0 Å². The Balaban J connectivity index is 1.61. The van der Waals surface area contributed by atoms with Crippen LogP contribution in [0.1, 0.15) is 31.9 Å². The fraction of sp³-hybridized carbons (Fsp3) is 0.435. The van der Waals surface area contributed by atoms with Crippen molar-refractivity contribution in [2.75, 3.05) is 29.4 Å². The second-order valence-corrected chi connectivity index (χ2v) is 11.4. The highest BCUT2D eigenvalue weighted by molar-refractivity contribution is 9.10. The van der Waals surface area contributed by atoms with E-state index in [4.69, 9.17) is 0 Å². The lowest BCUT2D eigenvalue weighted by Crippen LogP contribution is -2.53. The summed E-state index contributed by atoms with van der Waals surface area (Å²) >= 11 is 3.48. The van der Waals surface area contributed by atoms with Gasteiger partial charge in [-0.15, -0.1) is 0 Å². The molecule has 0 unspecified atom stereocenters. The molecule has 0 spiro atoms. The van der Waals surface area contributed by atoms with Crippen LogP contribution in [-0.4, -0.2) is 50.3 Å². The third-order valence-corrected chi connectivity index (χ3v) is 9.09. The van der Waals surface area contributed by atoms with Crippen LogP contribution in [-0.2, 0) is 21.2 Å². The fourth-order valence-electron chi connectivity index (χ4n) is 4.70. The van der Waals surface area contributed by atoms with Crippen LogP contribution in [0.25, 0.3) is 0 Å². The molecular formula is C23H28BrN3O3S. The van der Waals surface area contributed by atoms with Crippen LogP contribution in [0.4, 0.5) is 11.4 Å². The van der Waals surface area contributed by atoms with Gasteiger partial charge in [-0.2, -0.15) is 4.31 Å². The van der Waals surface area contributed by atoms with E-state index in [-0.39, 0.29) is 22.9 Å². The molecule has 4 rings (SSSR count). The lowest BCUT2D eigenvalue weighted by molar-refractivity contribution is -0.116. The Kier molecular flexibility index (Phi) is 5.91. The maximum Gasteiger partial charge on any atom is 0.244 e. The van der Waals surface area contributed by atoms with E-state index < -0.39 is 10.0 Å². The second kappa shape index (κ2) is 8.22. The minimum Gasteiger partial charge on any atom is -0.366 e. The van der Waals surface area contributed by atoms with E-state index in [1.807, 2.05) is 13.0 Å². The number of sulfonamides is 1. The van der Waals surface area contributed by atoms with Gasteiger partial charge in [-0.05, 0) is 73.0 Å². The minimum atomic E-state index is -3.70. The molecule has 0 N–H and O–H groups in total. The monoisotopic (exact) mass is 505 g/mol. The van der Waals surface area contributed by atoms with E-state index in [1.54, 1.807) is 15.3 Å². The summed E-state index contributed by atoms with van der Waals surface area (Å²) in [5.74, 6) is -0.0720. The summed E-state index contributed by atoms with van der Waals surface area (Å²) in [7, 11) is -3.70. The van der Waals surface area contributed by atoms with E-state index in [9.17, 15) is 13.2 Å². The van der Waals surface area contributed by atoms with Crippen LogP contribution in [0.2, 0.25) is 0 Å². The van der Waals surface area contributed by atoms with Gasteiger partial charge in [-0.25, -0.2) is 8.42 Å². The van der Waals surface area contributed by atoms with Crippen molar-refractivity contribution in [1.29, 1.82) is 0 Å². The normalized spacial score (nSPS) is 22.0. The fourth-order valence-corrected chi connectivity index (χ4v) is 7.28. The predicted molar refractivity (Wildman–Crippen MR) is 127 cm³/mol. The summed E-state index contributed by atoms with van der Waals surface area (Å²) in [6.07, 6.45) is 0.722. The molecule has 2 aliphatic rings. The zero-order valence-electron chi connectivity index (χ0n) is 18.3. The smallest absolute Gasteiger partial charge is 0.244 e. The number of amides is 1. The van der Waals surface area contributed by atoms with Gasteiger partial charge in [0.15, 0.2) is 0 Å². The molecule has 2 aliphatic heterocycles. The van der Waals surface area contributed by atoms with Gasteiger partial charge >= 0.3 is 0 Å². The molecule has 166 valence electrons. The Hall–Kier alpha value is -1.90. The summed E-state index contributed by atoms with van der Waals surface area (Å²) in [5.41, 5.74) is 4.01. The molecule has 2 heterocycles. The number of carbonyl (C=O) groups is 1. The number of anilines is 2. The van der Waals surface area contributed by atoms with Crippen LogP contribution in [0.3, 0.4) is 0 Å². The van der Waals surface area contributed by atoms with Gasteiger partial charge in [-0.3, -0.25) is 4.79 Å². The number of halogens is 1. The molecule has 0 aromatic heterocycles. The summed E-state index contributed by atoms with van der Waals surface area (Å²) in [5, 5.41) is 0. The van der Waals surface area contributed by atoms with Gasteiger partial charge in [0.2, 0.25) is 15.9 Å². The van der Waals surface area contributed by atoms with Gasteiger partial charge in [0.1, 0.15) is 0 Å². The molecule has 0 bridgehead atoms. The number of aryl methyl sites for hydroxylation is 1. The Bertz CT molecular complexity index is 1120. The van der Waals surface area contributed by atoms with Gasteiger partial charge < -0.3 is 9.80 Å². The van der Waals surface area contributed by atoms with E-state index in [1.165, 1.54) is 12.5 Å². The predicted octanol–water partition coefficient (Wildman–Crippen LogP) is 3.95. The van der Waals surface area contributed by atoms with E-state index in [0.29, 0.717) is 29.8 Å². The Morgan fingerprint density at radius 2 is 1.74 bits per heavy atom. The first-order valence-corrected chi connectivity index (χ1v) is 12.8. The molecule has 1 saturated heterocycles. The lowest BCUT2D eigenvalue weighted by atomic mass is 10.1. The van der Waals surface area contributed by atoms with Crippen molar-refractivity contribution in [3.8, 4) is 0 Å². The van der Waals surface area contributed by atoms with Crippen molar-refractivity contribution in [2.45, 2.75) is 51.1 Å². The van der Waals surface area contributed by atoms with Crippen LogP contribution in [0, 0.1) is 6.92 Å². The van der Waals surface area contributed by atoms with E-state index in [2.05, 4.69) is 58.9 Å². The first-order chi connectivity index (χ1) is 14.6. The maximum absolute atomic E-state index is 13.6. The molecule has 1 amide bonds. The van der Waals surface area contributed by atoms with Crippen LogP contribution in [0.5, 0.6) is 0 Å². The Labute approximate surface area is 193 Å². The zero-order chi connectivity index (χ0) is 22.5. The number of piperazine rings is 1. The van der Waals surface area contributed by atoms with Crippen molar-refractivity contribution in [1.82, 2.24) is 4.31 Å². The first-order valence-electron chi connectivity index (χ1n) is 10.5. The molecule has 2 atom stereocenters. The highest BCUT2D eigenvalue weighted by atomic mass is 79.9. The number of nitrogens with zero attached hydrogens (tertiary/aromatic N) is 3. The molecule has 8 heteroatoms. The Morgan fingerprint density at radius 3 is 2.35 bits per heavy atom. The average molecular weight is 506 g/mol. The minimum absolute atomic E-state index is 0.0235. The molecular weight excluding hydrogens is 478 g/mol. The van der Waals surface area contributed by atoms with Gasteiger partial charge in [-0.1, -0.05) is 17.7 Å². The van der Waals surface area contributed by atoms with Crippen LogP contribution >= 0.6 is 15.9 Å². The summed E-state index contributed by atoms with van der Waals surface area (Å²) in [6.45, 7) is 9.06. The van der Waals surface area contributed by atoms with E-state index >= 15 is 0 Å². The third-order valence-electron chi connectivity index (χ3n) is 6.26. The quantitative estimate of drug-likeness (QED) is 0.633. The van der Waals surface area contributed by atoms with E-state index in [0.717, 1.165) is 17.7 Å². The molecule has 6 nitrogen and oxygen atoms in total. The Morgan fingerprint density at radius 1 is 1.06 bits per heavy atom. The average Bonchev–Trinajstić information content (AvgIpc) is 3.02. The molecule has 0 aliphatic carbocycles. The number of carbonyl (C=O) groups excluding carboxylic acids is 1. The number of benzene rings is 2. The zero-order valence-corrected chi connectivity index (χ0v) is 20.7. The highest BCUT2D eigenvalue weighted by Gasteiger charge is 2.36. The van der Waals surface area contributed by atoms with Crippen molar-refractivity contribution >= 4 is 43.2 Å². The van der Waals surface area contributed by atoms with Gasteiger partial charge in [0.05, 0.1) is 4.90 Å². The summed E-state index contributed by atoms with van der Waals surface area (Å²) in [4.78, 5) is 16.3. The molecule has 2 aromatic rings. The topological polar surface area (TPSA) is 60.9 Å². The van der Waals surface area contributed by atoms with Gasteiger partial charge in [0, 0.05) is 54.5 Å². The molecule has 1 fully saturated rings. The number of fused-ring (bicyclic) bond motifs is 1. The summed E-state index contributed by atoms with van der Waals surface area (Å²) in [6, 6.07) is 11.9. The molecule has 2 aromatic carbocycles. The van der Waals surface area contributed by atoms with Crippen LogP contribution in [0.15, 0.2) is 45.8 Å². The van der Waals surface area contributed by atoms with Crippen LogP contribution < -0.4 is 9.80 Å². The number of rotatable bonds is 3. The van der Waals surface area contributed by atoms with Crippen molar-refractivity contribution in [3.05, 3.63) is 52.0 Å². The third kappa shape index (κ3) is 4.01. The standard InChI is InChI=1S/C23H28BrN3O3S/c1-15-5-7-20(8-6-15)26-10-9-25(14-17(26)3)31(29,30)23-13-22-19(12-21(23)24)11-16(2)27(22)18(4)28/h5-8,12-13,16-17H,9-11,14H2,1-4H3/t16-,17+/m0/s1. The first kappa shape index (κ1) is 22.3.